The number of imidazole rings is 1. The topological polar surface area (TPSA) is 135 Å². The van der Waals surface area contributed by atoms with E-state index in [-0.39, 0.29) is 49.2 Å². The first-order valence-corrected chi connectivity index (χ1v) is 11.4. The van der Waals surface area contributed by atoms with E-state index in [1.165, 1.54) is 4.57 Å². The normalized spacial score (nSPS) is 18.5. The predicted octanol–water partition coefficient (Wildman–Crippen LogP) is 1.21. The van der Waals surface area contributed by atoms with Gasteiger partial charge in [-0.1, -0.05) is 6.07 Å². The monoisotopic (exact) mass is 507 g/mol. The lowest BCUT2D eigenvalue weighted by atomic mass is 10.2. The van der Waals surface area contributed by atoms with Crippen LogP contribution in [-0.2, 0) is 19.6 Å². The minimum absolute atomic E-state index is 0.00285. The number of aromatic nitrogens is 4. The van der Waals surface area contributed by atoms with E-state index in [2.05, 4.69) is 26.2 Å². The smallest absolute Gasteiger partial charge is 0.332 e. The van der Waals surface area contributed by atoms with Crippen molar-refractivity contribution >= 4 is 33.0 Å². The number of hydrogen-bond acceptors (Lipinski definition) is 7. The first-order valence-electron chi connectivity index (χ1n) is 10.6. The lowest BCUT2D eigenvalue weighted by molar-refractivity contribution is 0.171. The molecular weight excluding hydrogens is 482 g/mol. The third-order valence-corrected chi connectivity index (χ3v) is 6.54. The van der Waals surface area contributed by atoms with E-state index in [9.17, 15) is 24.9 Å². The second-order valence-electron chi connectivity index (χ2n) is 7.94. The molecule has 4 rings (SSSR count). The molecule has 0 radical (unpaired) electrons. The van der Waals surface area contributed by atoms with Crippen LogP contribution in [0.5, 0.6) is 5.75 Å². The first kappa shape index (κ1) is 22.6. The van der Waals surface area contributed by atoms with Crippen LogP contribution in [-0.4, -0.2) is 52.8 Å². The van der Waals surface area contributed by atoms with Gasteiger partial charge >= 0.3 is 5.69 Å². The van der Waals surface area contributed by atoms with E-state index in [1.54, 1.807) is 29.7 Å². The highest BCUT2D eigenvalue weighted by Gasteiger charge is 2.28. The van der Waals surface area contributed by atoms with Gasteiger partial charge in [0, 0.05) is 6.54 Å². The Morgan fingerprint density at radius 2 is 2.00 bits per heavy atom. The van der Waals surface area contributed by atoms with Crippen molar-refractivity contribution in [3.05, 3.63) is 49.1 Å². The van der Waals surface area contributed by atoms with Crippen molar-refractivity contribution < 1.29 is 15.3 Å². The molecule has 0 spiro atoms. The van der Waals surface area contributed by atoms with Gasteiger partial charge in [0.25, 0.3) is 5.56 Å². The maximum atomic E-state index is 13.3. The zero-order chi connectivity index (χ0) is 23.0. The molecule has 1 aromatic carbocycles. The fourth-order valence-corrected chi connectivity index (χ4v) is 4.67. The summed E-state index contributed by atoms with van der Waals surface area (Å²) in [5, 5.41) is 32.9. The lowest BCUT2D eigenvalue weighted by Gasteiger charge is -2.18. The van der Waals surface area contributed by atoms with Crippen LogP contribution in [0.4, 0.5) is 5.95 Å². The van der Waals surface area contributed by atoms with E-state index < -0.39 is 17.4 Å². The molecule has 0 bridgehead atoms. The zero-order valence-corrected chi connectivity index (χ0v) is 19.2. The Morgan fingerprint density at radius 3 is 2.62 bits per heavy atom. The van der Waals surface area contributed by atoms with Gasteiger partial charge in [-0.2, -0.15) is 4.98 Å². The quantitative estimate of drug-likeness (QED) is 0.377. The van der Waals surface area contributed by atoms with E-state index in [4.69, 9.17) is 0 Å². The number of aromatic hydroxyl groups is 1. The van der Waals surface area contributed by atoms with Crippen LogP contribution < -0.4 is 16.6 Å². The van der Waals surface area contributed by atoms with E-state index in [0.717, 1.165) is 23.0 Å². The molecule has 11 heteroatoms. The molecule has 10 nitrogen and oxygen atoms in total. The van der Waals surface area contributed by atoms with Gasteiger partial charge in [-0.3, -0.25) is 18.5 Å². The minimum atomic E-state index is -0.530. The largest absolute Gasteiger partial charge is 0.507 e. The molecule has 1 aliphatic rings. The Labute approximate surface area is 191 Å². The Balaban J connectivity index is 1.95. The van der Waals surface area contributed by atoms with Gasteiger partial charge in [-0.15, -0.1) is 0 Å². The van der Waals surface area contributed by atoms with Crippen LogP contribution in [0.1, 0.15) is 31.7 Å². The summed E-state index contributed by atoms with van der Waals surface area (Å²) >= 11 is 3.31. The Kier molecular flexibility index (Phi) is 6.40. The maximum absolute atomic E-state index is 13.3. The van der Waals surface area contributed by atoms with Crippen LogP contribution in [0.15, 0.2) is 32.3 Å². The van der Waals surface area contributed by atoms with Gasteiger partial charge in [-0.25, -0.2) is 4.79 Å². The summed E-state index contributed by atoms with van der Waals surface area (Å²) in [5.41, 5.74) is 0.229. The number of fused-ring (bicyclic) bond motifs is 1. The number of halogens is 1. The summed E-state index contributed by atoms with van der Waals surface area (Å²) in [6.45, 7) is 1.86. The van der Waals surface area contributed by atoms with Gasteiger partial charge in [0.1, 0.15) is 5.75 Å². The molecule has 0 unspecified atom stereocenters. The summed E-state index contributed by atoms with van der Waals surface area (Å²) < 4.78 is 4.64. The highest BCUT2D eigenvalue weighted by Crippen LogP contribution is 2.28. The summed E-state index contributed by atoms with van der Waals surface area (Å²) in [4.78, 5) is 30.7. The summed E-state index contributed by atoms with van der Waals surface area (Å²) in [7, 11) is 0. The lowest BCUT2D eigenvalue weighted by Crippen LogP contribution is -2.40. The average molecular weight is 508 g/mol. The number of phenolic OH excluding ortho intramolecular Hbond substituents is 1. The molecule has 1 aliphatic carbocycles. The van der Waals surface area contributed by atoms with Gasteiger partial charge in [0.2, 0.25) is 5.95 Å². The molecule has 172 valence electrons. The molecule has 32 heavy (non-hydrogen) atoms. The van der Waals surface area contributed by atoms with Crippen molar-refractivity contribution in [3.63, 3.8) is 0 Å². The highest BCUT2D eigenvalue weighted by atomic mass is 79.9. The Hall–Kier alpha value is -2.63. The number of rotatable bonds is 7. The highest BCUT2D eigenvalue weighted by molar-refractivity contribution is 9.10. The number of benzene rings is 1. The molecule has 0 saturated heterocycles. The molecule has 0 aliphatic heterocycles. The van der Waals surface area contributed by atoms with Crippen molar-refractivity contribution in [1.29, 1.82) is 0 Å². The SMILES string of the molecule is CCn1c(=O)c2c(nc(N[C@@H]3CCC[C@H]3O)n2Cc2ccc(O)c(Br)c2)n(CCO)c1=O. The number of nitrogens with one attached hydrogen (secondary N) is 1. The van der Waals surface area contributed by atoms with Crippen LogP contribution in [0, 0.1) is 0 Å². The number of aliphatic hydroxyl groups is 2. The second kappa shape index (κ2) is 9.08. The molecule has 2 heterocycles. The van der Waals surface area contributed by atoms with Crippen LogP contribution in [0.25, 0.3) is 11.2 Å². The number of anilines is 1. The van der Waals surface area contributed by atoms with Gasteiger partial charge < -0.3 is 20.6 Å². The molecular formula is C21H26BrN5O5. The number of nitrogens with zero attached hydrogens (tertiary/aromatic N) is 4. The van der Waals surface area contributed by atoms with Gasteiger partial charge in [0.05, 0.1) is 36.3 Å². The van der Waals surface area contributed by atoms with E-state index >= 15 is 0 Å². The van der Waals surface area contributed by atoms with Crippen LogP contribution in [0.3, 0.4) is 0 Å². The summed E-state index contributed by atoms with van der Waals surface area (Å²) in [6.07, 6.45) is 1.79. The molecule has 3 aromatic rings. The molecule has 0 amide bonds. The van der Waals surface area contributed by atoms with E-state index in [0.29, 0.717) is 16.8 Å². The zero-order valence-electron chi connectivity index (χ0n) is 17.7. The second-order valence-corrected chi connectivity index (χ2v) is 8.79. The Bertz CT molecular complexity index is 1260. The van der Waals surface area contributed by atoms with Crippen molar-refractivity contribution in [1.82, 2.24) is 18.7 Å². The number of aliphatic hydroxyl groups excluding tert-OH is 2. The van der Waals surface area contributed by atoms with Gasteiger partial charge in [-0.05, 0) is 59.8 Å². The number of phenols is 1. The standard InChI is InChI=1S/C21H26BrN5O5/c1-2-25-19(31)17-18(26(8-9-28)21(25)32)24-20(23-14-4-3-5-16(14)30)27(17)11-12-6-7-15(29)13(22)10-12/h6-7,10,14,16,28-30H,2-5,8-9,11H2,1H3,(H,23,24)/t14-,16-/m1/s1. The van der Waals surface area contributed by atoms with Crippen molar-refractivity contribution in [2.24, 2.45) is 0 Å². The molecule has 1 fully saturated rings. The molecule has 4 N–H and O–H groups in total. The van der Waals surface area contributed by atoms with Crippen LogP contribution >= 0.6 is 15.9 Å². The first-order chi connectivity index (χ1) is 15.3. The summed E-state index contributed by atoms with van der Waals surface area (Å²) in [6, 6.07) is 4.82. The van der Waals surface area contributed by atoms with Crippen molar-refractivity contribution in [2.75, 3.05) is 11.9 Å². The number of hydrogen-bond donors (Lipinski definition) is 4. The fourth-order valence-electron chi connectivity index (χ4n) is 4.24. The molecule has 1 saturated carbocycles. The van der Waals surface area contributed by atoms with Gasteiger partial charge in [0.15, 0.2) is 11.2 Å². The maximum Gasteiger partial charge on any atom is 0.332 e. The third kappa shape index (κ3) is 3.96. The predicted molar refractivity (Wildman–Crippen MR) is 123 cm³/mol. The van der Waals surface area contributed by atoms with E-state index in [1.807, 2.05) is 0 Å². The van der Waals surface area contributed by atoms with Crippen LogP contribution in [0.2, 0.25) is 0 Å². The minimum Gasteiger partial charge on any atom is -0.507 e. The Morgan fingerprint density at radius 1 is 1.22 bits per heavy atom. The third-order valence-electron chi connectivity index (χ3n) is 5.90. The summed E-state index contributed by atoms with van der Waals surface area (Å²) in [5.74, 6) is 0.467. The molecule has 2 atom stereocenters. The molecule has 2 aromatic heterocycles. The fraction of sp³-hybridized carbons (Fsp3) is 0.476. The van der Waals surface area contributed by atoms with Crippen molar-refractivity contribution in [2.45, 2.75) is 58.0 Å². The average Bonchev–Trinajstić information content (AvgIpc) is 3.32. The van der Waals surface area contributed by atoms with Crippen molar-refractivity contribution in [3.8, 4) is 5.75 Å².